The van der Waals surface area contributed by atoms with E-state index in [1.807, 2.05) is 0 Å². The Kier molecular flexibility index (Phi) is 6.10. The van der Waals surface area contributed by atoms with Gasteiger partial charge in [0.1, 0.15) is 16.6 Å². The fourth-order valence-electron chi connectivity index (χ4n) is 2.84. The summed E-state index contributed by atoms with van der Waals surface area (Å²) in [5, 5.41) is 1.18. The molecular formula is C20H25ClF3N3O3. The van der Waals surface area contributed by atoms with Crippen LogP contribution in [0.25, 0.3) is 0 Å². The molecule has 0 radical (unpaired) electrons. The minimum absolute atomic E-state index is 0.00316. The van der Waals surface area contributed by atoms with Gasteiger partial charge in [0.25, 0.3) is 0 Å². The van der Waals surface area contributed by atoms with Crippen LogP contribution < -0.4 is 10.9 Å². The van der Waals surface area contributed by atoms with Crippen LogP contribution >= 0.6 is 11.6 Å². The van der Waals surface area contributed by atoms with Gasteiger partial charge in [-0.1, -0.05) is 17.7 Å². The Morgan fingerprint density at radius 2 is 2.03 bits per heavy atom. The fraction of sp³-hybridized carbons (Fsp3) is 0.600. The molecule has 2 N–H and O–H groups in total. The van der Waals surface area contributed by atoms with E-state index in [0.717, 1.165) is 0 Å². The van der Waals surface area contributed by atoms with Crippen molar-refractivity contribution in [1.29, 1.82) is 0 Å². The van der Waals surface area contributed by atoms with Gasteiger partial charge in [-0.2, -0.15) is 13.2 Å². The molecule has 0 aromatic carbocycles. The van der Waals surface area contributed by atoms with Crippen molar-refractivity contribution < 1.29 is 27.4 Å². The van der Waals surface area contributed by atoms with E-state index in [1.54, 1.807) is 33.0 Å². The SMILES string of the molecule is CC(C)(C)OC(=O)c1ccc(N(N)/C=C\C2CC2OCC2(C(F)(F)F)CC2)nc1Cl. The number of carbonyl (C=O) groups is 1. The maximum Gasteiger partial charge on any atom is 0.396 e. The highest BCUT2D eigenvalue weighted by molar-refractivity contribution is 6.32. The second kappa shape index (κ2) is 8.01. The van der Waals surface area contributed by atoms with Crippen LogP contribution in [0.5, 0.6) is 0 Å². The number of carbonyl (C=O) groups excluding carboxylic acids is 1. The number of ether oxygens (including phenoxy) is 2. The Hall–Kier alpha value is -1.84. The van der Waals surface area contributed by atoms with E-state index in [-0.39, 0.29) is 42.2 Å². The highest BCUT2D eigenvalue weighted by Gasteiger charge is 2.63. The lowest BCUT2D eigenvalue weighted by Crippen LogP contribution is -2.29. The Morgan fingerprint density at radius 3 is 2.57 bits per heavy atom. The molecule has 0 spiro atoms. The lowest BCUT2D eigenvalue weighted by atomic mass is 10.1. The molecule has 6 nitrogen and oxygen atoms in total. The molecule has 2 aliphatic carbocycles. The second-order valence-electron chi connectivity index (χ2n) is 8.79. The number of nitrogens with zero attached hydrogens (tertiary/aromatic N) is 2. The van der Waals surface area contributed by atoms with Crippen LogP contribution in [-0.2, 0) is 9.47 Å². The summed E-state index contributed by atoms with van der Waals surface area (Å²) in [6.45, 7) is 4.95. The van der Waals surface area contributed by atoms with Gasteiger partial charge in [-0.05, 0) is 52.2 Å². The van der Waals surface area contributed by atoms with E-state index < -0.39 is 23.2 Å². The van der Waals surface area contributed by atoms with Gasteiger partial charge in [0.2, 0.25) is 0 Å². The molecule has 1 heterocycles. The van der Waals surface area contributed by atoms with Gasteiger partial charge in [-0.3, -0.25) is 5.01 Å². The van der Waals surface area contributed by atoms with Crippen LogP contribution in [-0.4, -0.2) is 35.4 Å². The molecule has 0 saturated heterocycles. The van der Waals surface area contributed by atoms with E-state index in [2.05, 4.69) is 4.98 Å². The molecule has 30 heavy (non-hydrogen) atoms. The first-order valence-electron chi connectivity index (χ1n) is 9.62. The van der Waals surface area contributed by atoms with E-state index >= 15 is 0 Å². The first-order valence-corrected chi connectivity index (χ1v) is 10.00. The monoisotopic (exact) mass is 447 g/mol. The van der Waals surface area contributed by atoms with Gasteiger partial charge in [0.05, 0.1) is 23.7 Å². The van der Waals surface area contributed by atoms with Crippen molar-refractivity contribution in [2.24, 2.45) is 17.2 Å². The topological polar surface area (TPSA) is 77.7 Å². The molecule has 2 aliphatic rings. The summed E-state index contributed by atoms with van der Waals surface area (Å²) in [6.07, 6.45) is -0.230. The Labute approximate surface area is 178 Å². The third-order valence-electron chi connectivity index (χ3n) is 5.02. The molecule has 2 atom stereocenters. The van der Waals surface area contributed by atoms with Crippen LogP contribution in [0.3, 0.4) is 0 Å². The minimum Gasteiger partial charge on any atom is -0.456 e. The van der Waals surface area contributed by atoms with Crippen LogP contribution in [0.2, 0.25) is 5.15 Å². The fourth-order valence-corrected chi connectivity index (χ4v) is 3.07. The second-order valence-corrected chi connectivity index (χ2v) is 9.14. The number of hydrazine groups is 1. The van der Waals surface area contributed by atoms with E-state index in [4.69, 9.17) is 26.9 Å². The van der Waals surface area contributed by atoms with Crippen molar-refractivity contribution in [3.63, 3.8) is 0 Å². The molecule has 0 aliphatic heterocycles. The molecule has 3 rings (SSSR count). The number of halogens is 4. The van der Waals surface area contributed by atoms with Gasteiger partial charge in [0, 0.05) is 12.1 Å². The third kappa shape index (κ3) is 5.44. The largest absolute Gasteiger partial charge is 0.456 e. The van der Waals surface area contributed by atoms with Gasteiger partial charge in [-0.25, -0.2) is 15.6 Å². The quantitative estimate of drug-likeness (QED) is 0.284. The van der Waals surface area contributed by atoms with Crippen LogP contribution in [0.1, 0.15) is 50.4 Å². The van der Waals surface area contributed by atoms with E-state index in [0.29, 0.717) is 12.2 Å². The van der Waals surface area contributed by atoms with E-state index in [1.165, 1.54) is 17.1 Å². The first kappa shape index (κ1) is 22.8. The summed E-state index contributed by atoms with van der Waals surface area (Å²) in [5.74, 6) is 5.65. The standard InChI is InChI=1S/C20H25ClF3N3O3/c1-18(2,3)30-17(28)13-4-5-15(26-16(13)21)27(25)9-6-12-10-14(12)29-11-19(7-8-19)20(22,23)24/h4-6,9,12,14H,7-8,10-11,25H2,1-3H3/b9-6-. The third-order valence-corrected chi connectivity index (χ3v) is 5.31. The smallest absolute Gasteiger partial charge is 0.396 e. The molecule has 166 valence electrons. The van der Waals surface area contributed by atoms with Gasteiger partial charge < -0.3 is 9.47 Å². The molecule has 0 bridgehead atoms. The Balaban J connectivity index is 1.52. The zero-order valence-corrected chi connectivity index (χ0v) is 17.8. The highest BCUT2D eigenvalue weighted by Crippen LogP contribution is 2.58. The van der Waals surface area contributed by atoms with Gasteiger partial charge >= 0.3 is 12.1 Å². The summed E-state index contributed by atoms with van der Waals surface area (Å²) >= 11 is 6.09. The Bertz CT molecular complexity index is 835. The summed E-state index contributed by atoms with van der Waals surface area (Å²) in [5.41, 5.74) is -2.19. The first-order chi connectivity index (χ1) is 13.8. The van der Waals surface area contributed by atoms with Crippen LogP contribution in [0, 0.1) is 11.3 Å². The summed E-state index contributed by atoms with van der Waals surface area (Å²) < 4.78 is 49.5. The molecule has 1 aromatic rings. The van der Waals surface area contributed by atoms with Gasteiger partial charge in [-0.15, -0.1) is 0 Å². The lowest BCUT2D eigenvalue weighted by molar-refractivity contribution is -0.202. The van der Waals surface area contributed by atoms with Crippen LogP contribution in [0.4, 0.5) is 19.0 Å². The van der Waals surface area contributed by atoms with Crippen molar-refractivity contribution >= 4 is 23.4 Å². The predicted octanol–water partition coefficient (Wildman–Crippen LogP) is 4.63. The molecule has 2 saturated carbocycles. The predicted molar refractivity (Wildman–Crippen MR) is 106 cm³/mol. The van der Waals surface area contributed by atoms with E-state index in [9.17, 15) is 18.0 Å². The zero-order chi connectivity index (χ0) is 22.3. The van der Waals surface area contributed by atoms with Gasteiger partial charge in [0.15, 0.2) is 0 Å². The maximum atomic E-state index is 12.9. The number of nitrogens with two attached hydrogens (primary N) is 1. The van der Waals surface area contributed by atoms with Crippen molar-refractivity contribution in [2.75, 3.05) is 11.6 Å². The van der Waals surface area contributed by atoms with Crippen molar-refractivity contribution in [1.82, 2.24) is 4.98 Å². The average molecular weight is 448 g/mol. The Morgan fingerprint density at radius 1 is 1.37 bits per heavy atom. The molecule has 1 aromatic heterocycles. The van der Waals surface area contributed by atoms with Crippen molar-refractivity contribution in [3.8, 4) is 0 Å². The molecular weight excluding hydrogens is 423 g/mol. The normalized spacial score (nSPS) is 22.8. The summed E-state index contributed by atoms with van der Waals surface area (Å²) in [6, 6.07) is 3.00. The number of pyridine rings is 1. The lowest BCUT2D eigenvalue weighted by Gasteiger charge is -2.20. The number of alkyl halides is 3. The maximum absolute atomic E-state index is 12.9. The van der Waals surface area contributed by atoms with Crippen LogP contribution in [0.15, 0.2) is 24.4 Å². The van der Waals surface area contributed by atoms with Crippen molar-refractivity contribution in [2.45, 2.75) is 57.9 Å². The molecule has 2 unspecified atom stereocenters. The molecule has 0 amide bonds. The highest BCUT2D eigenvalue weighted by atomic mass is 35.5. The number of aromatic nitrogens is 1. The number of esters is 1. The number of rotatable bonds is 7. The minimum atomic E-state index is -4.21. The average Bonchev–Trinajstić information content (AvgIpc) is 3.50. The summed E-state index contributed by atoms with van der Waals surface area (Å²) in [4.78, 5) is 16.2. The molecule has 10 heteroatoms. The number of hydrogen-bond donors (Lipinski definition) is 1. The number of anilines is 1. The zero-order valence-electron chi connectivity index (χ0n) is 17.0. The molecule has 2 fully saturated rings. The van der Waals surface area contributed by atoms with Crippen molar-refractivity contribution in [3.05, 3.63) is 35.1 Å². The number of hydrogen-bond acceptors (Lipinski definition) is 6. The summed E-state index contributed by atoms with van der Waals surface area (Å²) in [7, 11) is 0.